The smallest absolute Gasteiger partial charge is 0.407 e. The van der Waals surface area contributed by atoms with E-state index in [0.29, 0.717) is 11.1 Å². The number of fused-ring (bicyclic) bond motifs is 3. The molecule has 0 amide bonds. The Balaban J connectivity index is 2.61. The molecule has 2 heterocycles. The molecule has 2 aromatic heterocycles. The number of nitrogens with one attached hydrogen (secondary N) is 1. The summed E-state index contributed by atoms with van der Waals surface area (Å²) in [5.74, 6) is -0.435. The summed E-state index contributed by atoms with van der Waals surface area (Å²) in [7, 11) is 0. The van der Waals surface area contributed by atoms with Crippen LogP contribution < -0.4 is 5.76 Å². The van der Waals surface area contributed by atoms with Gasteiger partial charge in [0.2, 0.25) is 0 Å². The van der Waals surface area contributed by atoms with Gasteiger partial charge < -0.3 is 4.42 Å². The minimum Gasteiger partial charge on any atom is -0.407 e. The molecule has 0 fully saturated rings. The molecule has 0 aliphatic heterocycles. The van der Waals surface area contributed by atoms with E-state index < -0.39 is 5.76 Å². The maximum atomic E-state index is 11.2. The van der Waals surface area contributed by atoms with Gasteiger partial charge in [-0.3, -0.25) is 9.97 Å². The van der Waals surface area contributed by atoms with Crippen molar-refractivity contribution in [2.75, 3.05) is 0 Å². The highest BCUT2D eigenvalue weighted by atomic mass is 16.4. The standard InChI is InChI=1S/C12H10N2O2/c1-2-7-4-3-5-8-10(7)11-9(6-13-8)14-12(15)16-11/h3-6H,2H2,1H3,(H,14,15). The van der Waals surface area contributed by atoms with Crippen LogP contribution in [0.2, 0.25) is 0 Å². The molecule has 1 aromatic carbocycles. The van der Waals surface area contributed by atoms with Crippen molar-refractivity contribution in [3.63, 3.8) is 0 Å². The van der Waals surface area contributed by atoms with E-state index in [1.807, 2.05) is 18.2 Å². The second-order valence-electron chi connectivity index (χ2n) is 3.68. The zero-order chi connectivity index (χ0) is 11.1. The van der Waals surface area contributed by atoms with Crippen LogP contribution >= 0.6 is 0 Å². The van der Waals surface area contributed by atoms with Gasteiger partial charge in [-0.05, 0) is 18.1 Å². The third kappa shape index (κ3) is 1.16. The van der Waals surface area contributed by atoms with Gasteiger partial charge in [-0.15, -0.1) is 0 Å². The molecule has 0 atom stereocenters. The first-order chi connectivity index (χ1) is 7.79. The quantitative estimate of drug-likeness (QED) is 0.675. The van der Waals surface area contributed by atoms with Crippen molar-refractivity contribution in [1.29, 1.82) is 0 Å². The maximum Gasteiger partial charge on any atom is 0.417 e. The van der Waals surface area contributed by atoms with E-state index in [4.69, 9.17) is 4.42 Å². The lowest BCUT2D eigenvalue weighted by Gasteiger charge is -2.02. The number of hydrogen-bond acceptors (Lipinski definition) is 3. The van der Waals surface area contributed by atoms with Crippen LogP contribution in [-0.4, -0.2) is 9.97 Å². The Morgan fingerprint density at radius 3 is 3.12 bits per heavy atom. The normalized spacial score (nSPS) is 11.3. The van der Waals surface area contributed by atoms with E-state index in [9.17, 15) is 4.79 Å². The lowest BCUT2D eigenvalue weighted by atomic mass is 10.1. The molecular weight excluding hydrogens is 204 g/mol. The predicted octanol–water partition coefficient (Wildman–Crippen LogP) is 2.23. The molecule has 0 spiro atoms. The molecule has 0 unspecified atom stereocenters. The van der Waals surface area contributed by atoms with Crippen molar-refractivity contribution in [1.82, 2.24) is 9.97 Å². The van der Waals surface area contributed by atoms with Gasteiger partial charge in [-0.2, -0.15) is 0 Å². The number of H-pyrrole nitrogens is 1. The van der Waals surface area contributed by atoms with Crippen LogP contribution in [0, 0.1) is 0 Å². The topological polar surface area (TPSA) is 58.9 Å². The molecule has 3 rings (SSSR count). The van der Waals surface area contributed by atoms with E-state index in [-0.39, 0.29) is 0 Å². The first-order valence-corrected chi connectivity index (χ1v) is 5.19. The van der Waals surface area contributed by atoms with E-state index in [2.05, 4.69) is 16.9 Å². The minimum absolute atomic E-state index is 0.435. The van der Waals surface area contributed by atoms with Gasteiger partial charge in [0.05, 0.1) is 11.7 Å². The van der Waals surface area contributed by atoms with Crippen LogP contribution in [-0.2, 0) is 6.42 Å². The number of aromatic nitrogens is 2. The fourth-order valence-electron chi connectivity index (χ4n) is 2.00. The zero-order valence-corrected chi connectivity index (χ0v) is 8.78. The Morgan fingerprint density at radius 1 is 1.44 bits per heavy atom. The third-order valence-corrected chi connectivity index (χ3v) is 2.75. The number of benzene rings is 1. The number of oxazole rings is 1. The van der Waals surface area contributed by atoms with E-state index in [0.717, 1.165) is 22.9 Å². The van der Waals surface area contributed by atoms with Crippen LogP contribution in [0.1, 0.15) is 12.5 Å². The molecule has 4 heteroatoms. The van der Waals surface area contributed by atoms with Gasteiger partial charge in [-0.25, -0.2) is 4.79 Å². The molecule has 0 bridgehead atoms. The fourth-order valence-corrected chi connectivity index (χ4v) is 2.00. The van der Waals surface area contributed by atoms with Gasteiger partial charge >= 0.3 is 5.76 Å². The Bertz CT molecular complexity index is 725. The maximum absolute atomic E-state index is 11.2. The highest BCUT2D eigenvalue weighted by Crippen LogP contribution is 2.25. The zero-order valence-electron chi connectivity index (χ0n) is 8.78. The second-order valence-corrected chi connectivity index (χ2v) is 3.68. The number of rotatable bonds is 1. The van der Waals surface area contributed by atoms with Crippen LogP contribution in [0.25, 0.3) is 22.0 Å². The number of pyridine rings is 1. The van der Waals surface area contributed by atoms with Crippen LogP contribution in [0.5, 0.6) is 0 Å². The molecule has 80 valence electrons. The molecular formula is C12H10N2O2. The van der Waals surface area contributed by atoms with Crippen molar-refractivity contribution in [2.45, 2.75) is 13.3 Å². The number of aromatic amines is 1. The Labute approximate surface area is 90.9 Å². The molecule has 0 aliphatic carbocycles. The van der Waals surface area contributed by atoms with Crippen LogP contribution in [0.3, 0.4) is 0 Å². The van der Waals surface area contributed by atoms with Crippen molar-refractivity contribution >= 4 is 22.0 Å². The van der Waals surface area contributed by atoms with Crippen molar-refractivity contribution < 1.29 is 4.42 Å². The van der Waals surface area contributed by atoms with E-state index in [1.165, 1.54) is 0 Å². The van der Waals surface area contributed by atoms with Gasteiger partial charge in [-0.1, -0.05) is 19.1 Å². The van der Waals surface area contributed by atoms with Crippen LogP contribution in [0.4, 0.5) is 0 Å². The van der Waals surface area contributed by atoms with Crippen molar-refractivity contribution in [3.8, 4) is 0 Å². The summed E-state index contributed by atoms with van der Waals surface area (Å²) < 4.78 is 5.17. The van der Waals surface area contributed by atoms with Gasteiger partial charge in [0.25, 0.3) is 0 Å². The van der Waals surface area contributed by atoms with Gasteiger partial charge in [0.15, 0.2) is 5.58 Å². The van der Waals surface area contributed by atoms with Crippen LogP contribution in [0.15, 0.2) is 33.6 Å². The Morgan fingerprint density at radius 2 is 2.31 bits per heavy atom. The second kappa shape index (κ2) is 3.20. The summed E-state index contributed by atoms with van der Waals surface area (Å²) in [6, 6.07) is 5.90. The minimum atomic E-state index is -0.435. The summed E-state index contributed by atoms with van der Waals surface area (Å²) in [6.07, 6.45) is 2.51. The monoisotopic (exact) mass is 214 g/mol. The molecule has 0 aliphatic rings. The molecule has 1 N–H and O–H groups in total. The Kier molecular flexibility index (Phi) is 1.83. The van der Waals surface area contributed by atoms with Gasteiger partial charge in [0.1, 0.15) is 5.52 Å². The predicted molar refractivity (Wildman–Crippen MR) is 61.5 cm³/mol. The highest BCUT2D eigenvalue weighted by molar-refractivity contribution is 6.02. The summed E-state index contributed by atoms with van der Waals surface area (Å²) in [6.45, 7) is 2.07. The van der Waals surface area contributed by atoms with Crippen molar-refractivity contribution in [2.24, 2.45) is 0 Å². The highest BCUT2D eigenvalue weighted by Gasteiger charge is 2.09. The first-order valence-electron chi connectivity index (χ1n) is 5.19. The largest absolute Gasteiger partial charge is 0.417 e. The molecule has 3 aromatic rings. The number of hydrogen-bond donors (Lipinski definition) is 1. The summed E-state index contributed by atoms with van der Waals surface area (Å²) >= 11 is 0. The molecule has 0 saturated carbocycles. The average molecular weight is 214 g/mol. The fraction of sp³-hybridized carbons (Fsp3) is 0.167. The lowest BCUT2D eigenvalue weighted by Crippen LogP contribution is -1.92. The summed E-state index contributed by atoms with van der Waals surface area (Å²) in [4.78, 5) is 18.1. The number of aryl methyl sites for hydroxylation is 1. The third-order valence-electron chi connectivity index (χ3n) is 2.75. The van der Waals surface area contributed by atoms with E-state index >= 15 is 0 Å². The van der Waals surface area contributed by atoms with Gasteiger partial charge in [0, 0.05) is 5.39 Å². The van der Waals surface area contributed by atoms with Crippen molar-refractivity contribution in [3.05, 3.63) is 40.5 Å². The molecule has 4 nitrogen and oxygen atoms in total. The first kappa shape index (κ1) is 9.15. The summed E-state index contributed by atoms with van der Waals surface area (Å²) in [5.41, 5.74) is 3.25. The SMILES string of the molecule is CCc1cccc2ncc3[nH]c(=O)oc3c12. The molecule has 0 radical (unpaired) electrons. The van der Waals surface area contributed by atoms with E-state index in [1.54, 1.807) is 6.20 Å². The average Bonchev–Trinajstić information content (AvgIpc) is 2.68. The lowest BCUT2D eigenvalue weighted by molar-refractivity contribution is 0.558. The Hall–Kier alpha value is -2.10. The summed E-state index contributed by atoms with van der Waals surface area (Å²) in [5, 5.41) is 0.931. The number of nitrogens with zero attached hydrogens (tertiary/aromatic N) is 1. The molecule has 0 saturated heterocycles. The molecule has 16 heavy (non-hydrogen) atoms.